The first-order valence-corrected chi connectivity index (χ1v) is 10.3. The monoisotopic (exact) mass is 412 g/mol. The zero-order chi connectivity index (χ0) is 21.8. The van der Waals surface area contributed by atoms with Crippen molar-refractivity contribution in [2.75, 3.05) is 23.5 Å². The Hall–Kier alpha value is -3.86. The highest BCUT2D eigenvalue weighted by Gasteiger charge is 2.42. The summed E-state index contributed by atoms with van der Waals surface area (Å²) >= 11 is 0. The number of hydrogen-bond donors (Lipinski definition) is 0. The maximum absolute atomic E-state index is 13.5. The van der Waals surface area contributed by atoms with Crippen LogP contribution in [-0.2, 0) is 9.59 Å². The summed E-state index contributed by atoms with van der Waals surface area (Å²) in [7, 11) is 1.81. The third-order valence-electron chi connectivity index (χ3n) is 5.17. The molecular formula is C26H24N2O3. The lowest BCUT2D eigenvalue weighted by atomic mass is 10.0. The summed E-state index contributed by atoms with van der Waals surface area (Å²) in [4.78, 5) is 30.0. The molecule has 5 heteroatoms. The minimum absolute atomic E-state index is 0.337. The van der Waals surface area contributed by atoms with E-state index in [1.54, 1.807) is 17.0 Å². The second-order valence-corrected chi connectivity index (χ2v) is 7.27. The number of rotatable bonds is 7. The fourth-order valence-corrected chi connectivity index (χ4v) is 3.62. The van der Waals surface area contributed by atoms with Gasteiger partial charge in [0.05, 0.1) is 17.9 Å². The molecular weight excluding hydrogens is 388 g/mol. The smallest absolute Gasteiger partial charge is 0.282 e. The van der Waals surface area contributed by atoms with Crippen molar-refractivity contribution in [3.05, 3.63) is 96.2 Å². The molecule has 0 aliphatic carbocycles. The van der Waals surface area contributed by atoms with Gasteiger partial charge < -0.3 is 9.64 Å². The van der Waals surface area contributed by atoms with Crippen molar-refractivity contribution in [3.8, 4) is 5.75 Å². The number of amides is 2. The van der Waals surface area contributed by atoms with Crippen LogP contribution in [0.25, 0.3) is 5.57 Å². The second-order valence-electron chi connectivity index (χ2n) is 7.27. The Bertz CT molecular complexity index is 1110. The maximum atomic E-state index is 13.5. The van der Waals surface area contributed by atoms with Crippen LogP contribution in [0.1, 0.15) is 18.9 Å². The first-order valence-electron chi connectivity index (χ1n) is 10.3. The van der Waals surface area contributed by atoms with Gasteiger partial charge in [-0.25, -0.2) is 4.90 Å². The van der Waals surface area contributed by atoms with E-state index in [0.717, 1.165) is 17.9 Å². The Kier molecular flexibility index (Phi) is 5.85. The topological polar surface area (TPSA) is 49.9 Å². The van der Waals surface area contributed by atoms with Crippen LogP contribution in [0.15, 0.2) is 90.6 Å². The molecule has 0 unspecified atom stereocenters. The van der Waals surface area contributed by atoms with Crippen molar-refractivity contribution >= 4 is 28.8 Å². The molecule has 4 rings (SSSR count). The average molecular weight is 412 g/mol. The third kappa shape index (κ3) is 3.94. The number of ether oxygens (including phenoxy) is 1. The van der Waals surface area contributed by atoms with Crippen LogP contribution in [0.2, 0.25) is 0 Å². The summed E-state index contributed by atoms with van der Waals surface area (Å²) in [5, 5.41) is 0. The molecule has 0 atom stereocenters. The number of carbonyl (C=O) groups is 2. The van der Waals surface area contributed by atoms with E-state index in [1.165, 1.54) is 4.90 Å². The van der Waals surface area contributed by atoms with Gasteiger partial charge in [-0.3, -0.25) is 9.59 Å². The average Bonchev–Trinajstić information content (AvgIpc) is 3.08. The van der Waals surface area contributed by atoms with E-state index < -0.39 is 0 Å². The van der Waals surface area contributed by atoms with Crippen molar-refractivity contribution < 1.29 is 14.3 Å². The molecule has 0 fully saturated rings. The molecule has 1 aliphatic rings. The summed E-state index contributed by atoms with van der Waals surface area (Å²) in [6, 6.07) is 25.9. The largest absolute Gasteiger partial charge is 0.494 e. The van der Waals surface area contributed by atoms with Gasteiger partial charge in [0, 0.05) is 12.7 Å². The number of hydrogen-bond acceptors (Lipinski definition) is 4. The van der Waals surface area contributed by atoms with E-state index in [0.29, 0.717) is 29.1 Å². The SMILES string of the molecule is CCCOc1ccc(C2=C(N(C)c3ccccc3)C(=O)N(c3ccccc3)C2=O)cc1. The Morgan fingerprint density at radius 1 is 0.806 bits per heavy atom. The van der Waals surface area contributed by atoms with Gasteiger partial charge in [0.15, 0.2) is 0 Å². The van der Waals surface area contributed by atoms with E-state index in [1.807, 2.05) is 86.8 Å². The first kappa shape index (κ1) is 20.4. The molecule has 0 spiro atoms. The second kappa shape index (κ2) is 8.88. The number of carbonyl (C=O) groups excluding carboxylic acids is 2. The van der Waals surface area contributed by atoms with Crippen LogP contribution in [-0.4, -0.2) is 25.5 Å². The van der Waals surface area contributed by atoms with Gasteiger partial charge in [0.1, 0.15) is 11.4 Å². The Morgan fingerprint density at radius 3 is 2.03 bits per heavy atom. The van der Waals surface area contributed by atoms with E-state index in [4.69, 9.17) is 4.74 Å². The Morgan fingerprint density at radius 2 is 1.42 bits per heavy atom. The molecule has 1 aliphatic heterocycles. The maximum Gasteiger partial charge on any atom is 0.282 e. The first-order chi connectivity index (χ1) is 15.1. The van der Waals surface area contributed by atoms with Crippen molar-refractivity contribution in [3.63, 3.8) is 0 Å². The van der Waals surface area contributed by atoms with Crippen LogP contribution < -0.4 is 14.5 Å². The van der Waals surface area contributed by atoms with Crippen LogP contribution in [0.4, 0.5) is 11.4 Å². The number of nitrogens with zero attached hydrogens (tertiary/aromatic N) is 2. The number of benzene rings is 3. The minimum Gasteiger partial charge on any atom is -0.494 e. The van der Waals surface area contributed by atoms with E-state index in [2.05, 4.69) is 0 Å². The third-order valence-corrected chi connectivity index (χ3v) is 5.17. The molecule has 5 nitrogen and oxygen atoms in total. The summed E-state index contributed by atoms with van der Waals surface area (Å²) < 4.78 is 5.67. The fourth-order valence-electron chi connectivity index (χ4n) is 3.62. The summed E-state index contributed by atoms with van der Waals surface area (Å²) in [5.41, 5.74) is 2.78. The highest BCUT2D eigenvalue weighted by atomic mass is 16.5. The summed E-state index contributed by atoms with van der Waals surface area (Å²) in [5.74, 6) is 0.0564. The molecule has 1 heterocycles. The van der Waals surface area contributed by atoms with Gasteiger partial charge >= 0.3 is 0 Å². The van der Waals surface area contributed by atoms with Crippen molar-refractivity contribution in [1.82, 2.24) is 0 Å². The van der Waals surface area contributed by atoms with Gasteiger partial charge in [-0.2, -0.15) is 0 Å². The fraction of sp³-hybridized carbons (Fsp3) is 0.154. The quantitative estimate of drug-likeness (QED) is 0.518. The van der Waals surface area contributed by atoms with E-state index in [9.17, 15) is 9.59 Å². The highest BCUT2D eigenvalue weighted by Crippen LogP contribution is 2.36. The number of imide groups is 1. The van der Waals surface area contributed by atoms with Gasteiger partial charge in [-0.1, -0.05) is 55.5 Å². The zero-order valence-electron chi connectivity index (χ0n) is 17.6. The lowest BCUT2D eigenvalue weighted by Gasteiger charge is -2.21. The van der Waals surface area contributed by atoms with Crippen LogP contribution in [0, 0.1) is 0 Å². The van der Waals surface area contributed by atoms with Crippen LogP contribution in [0.5, 0.6) is 5.75 Å². The van der Waals surface area contributed by atoms with Crippen LogP contribution >= 0.6 is 0 Å². The number of para-hydroxylation sites is 2. The molecule has 2 amide bonds. The van der Waals surface area contributed by atoms with E-state index >= 15 is 0 Å². The number of likely N-dealkylation sites (N-methyl/N-ethyl adjacent to an activating group) is 1. The number of anilines is 2. The Balaban J connectivity index is 1.80. The predicted molar refractivity (Wildman–Crippen MR) is 123 cm³/mol. The zero-order valence-corrected chi connectivity index (χ0v) is 17.6. The van der Waals surface area contributed by atoms with Gasteiger partial charge in [-0.05, 0) is 48.4 Å². The van der Waals surface area contributed by atoms with E-state index in [-0.39, 0.29) is 11.8 Å². The molecule has 3 aromatic carbocycles. The van der Waals surface area contributed by atoms with Crippen molar-refractivity contribution in [2.45, 2.75) is 13.3 Å². The van der Waals surface area contributed by atoms with Gasteiger partial charge in [-0.15, -0.1) is 0 Å². The normalized spacial score (nSPS) is 13.7. The molecule has 0 bridgehead atoms. The molecule has 3 aromatic rings. The molecule has 0 radical (unpaired) electrons. The minimum atomic E-state index is -0.344. The van der Waals surface area contributed by atoms with Crippen LogP contribution in [0.3, 0.4) is 0 Å². The molecule has 0 aromatic heterocycles. The van der Waals surface area contributed by atoms with Gasteiger partial charge in [0.25, 0.3) is 11.8 Å². The molecule has 0 saturated carbocycles. The summed E-state index contributed by atoms with van der Waals surface area (Å²) in [6.07, 6.45) is 0.915. The van der Waals surface area contributed by atoms with Crippen molar-refractivity contribution in [2.24, 2.45) is 0 Å². The molecule has 156 valence electrons. The standard InChI is InChI=1S/C26H24N2O3/c1-3-18-31-22-16-14-19(15-17-22)23-24(27(2)20-10-6-4-7-11-20)26(30)28(25(23)29)21-12-8-5-9-13-21/h4-17H,3,18H2,1-2H3. The molecule has 0 saturated heterocycles. The summed E-state index contributed by atoms with van der Waals surface area (Å²) in [6.45, 7) is 2.68. The molecule has 31 heavy (non-hydrogen) atoms. The lowest BCUT2D eigenvalue weighted by molar-refractivity contribution is -0.120. The van der Waals surface area contributed by atoms with Gasteiger partial charge in [0.2, 0.25) is 0 Å². The Labute approximate surface area is 182 Å². The van der Waals surface area contributed by atoms with Crippen molar-refractivity contribution in [1.29, 1.82) is 0 Å². The molecule has 0 N–H and O–H groups in total. The lowest BCUT2D eigenvalue weighted by Crippen LogP contribution is -2.34. The predicted octanol–water partition coefficient (Wildman–Crippen LogP) is 4.90. The highest BCUT2D eigenvalue weighted by molar-refractivity contribution is 6.46.